The number of allylic oxidation sites excluding steroid dienone is 1. The molecule has 0 radical (unpaired) electrons. The Morgan fingerprint density at radius 1 is 1.31 bits per heavy atom. The number of hydrogen-bond acceptors (Lipinski definition) is 1. The Labute approximate surface area is 78.3 Å². The molecule has 0 fully saturated rings. The van der Waals surface area contributed by atoms with E-state index in [-0.39, 0.29) is 0 Å². The van der Waals surface area contributed by atoms with Crippen LogP contribution < -0.4 is 5.73 Å². The summed E-state index contributed by atoms with van der Waals surface area (Å²) in [6.45, 7) is 4.05. The molecule has 2 nitrogen and oxygen atoms in total. The summed E-state index contributed by atoms with van der Waals surface area (Å²) in [7, 11) is 0. The third-order valence-electron chi connectivity index (χ3n) is 2.07. The van der Waals surface area contributed by atoms with Gasteiger partial charge in [0, 0.05) is 17.2 Å². The van der Waals surface area contributed by atoms with Crippen molar-refractivity contribution in [3.8, 4) is 6.07 Å². The lowest BCUT2D eigenvalue weighted by molar-refractivity contribution is -0.256. The molecule has 2 heteroatoms. The highest BCUT2D eigenvalue weighted by Gasteiger charge is 2.02. The summed E-state index contributed by atoms with van der Waals surface area (Å²) in [5, 5.41) is 8.37. The standard InChI is InChI=1S/C11H12N2/c1-8-6-10(4-3-5-12)7-9(2)11(8)13/h3-4,6-7H,13H2,1-2H3/p+1/b4-3+. The minimum atomic E-state index is 1.06. The molecule has 13 heavy (non-hydrogen) atoms. The maximum atomic E-state index is 8.37. The Morgan fingerprint density at radius 3 is 2.31 bits per heavy atom. The van der Waals surface area contributed by atoms with E-state index in [1.165, 1.54) is 6.08 Å². The first-order valence-electron chi connectivity index (χ1n) is 4.14. The van der Waals surface area contributed by atoms with Gasteiger partial charge in [0.1, 0.15) is 5.69 Å². The Kier molecular flexibility index (Phi) is 2.84. The van der Waals surface area contributed by atoms with Crippen LogP contribution in [0.1, 0.15) is 16.7 Å². The predicted molar refractivity (Wildman–Crippen MR) is 53.1 cm³/mol. The van der Waals surface area contributed by atoms with Crippen molar-refractivity contribution in [3.05, 3.63) is 34.9 Å². The summed E-state index contributed by atoms with van der Waals surface area (Å²) in [6.07, 6.45) is 3.29. The average Bonchev–Trinajstić information content (AvgIpc) is 2.10. The van der Waals surface area contributed by atoms with Gasteiger partial charge in [-0.25, -0.2) is 0 Å². The number of hydrogen-bond donors (Lipinski definition) is 1. The van der Waals surface area contributed by atoms with Crippen LogP contribution in [-0.2, 0) is 0 Å². The summed E-state index contributed by atoms with van der Waals surface area (Å²) in [6, 6.07) is 6.04. The maximum Gasteiger partial charge on any atom is 0.133 e. The van der Waals surface area contributed by atoms with E-state index >= 15 is 0 Å². The van der Waals surface area contributed by atoms with Gasteiger partial charge in [-0.15, -0.1) is 0 Å². The minimum absolute atomic E-state index is 1.06. The van der Waals surface area contributed by atoms with E-state index in [9.17, 15) is 0 Å². The van der Waals surface area contributed by atoms with E-state index in [1.54, 1.807) is 6.08 Å². The molecule has 0 aliphatic heterocycles. The van der Waals surface area contributed by atoms with Gasteiger partial charge >= 0.3 is 0 Å². The first-order chi connectivity index (χ1) is 6.15. The van der Waals surface area contributed by atoms with Crippen molar-refractivity contribution < 1.29 is 5.73 Å². The zero-order valence-corrected chi connectivity index (χ0v) is 7.96. The molecule has 3 N–H and O–H groups in total. The lowest BCUT2D eigenvalue weighted by Gasteiger charge is -2.01. The number of quaternary nitrogens is 1. The Morgan fingerprint density at radius 2 is 1.85 bits per heavy atom. The number of rotatable bonds is 1. The van der Waals surface area contributed by atoms with Crippen molar-refractivity contribution >= 4 is 11.8 Å². The fraction of sp³-hybridized carbons (Fsp3) is 0.182. The topological polar surface area (TPSA) is 51.4 Å². The van der Waals surface area contributed by atoms with Crippen LogP contribution in [0, 0.1) is 25.2 Å². The maximum absolute atomic E-state index is 8.37. The van der Waals surface area contributed by atoms with Crippen molar-refractivity contribution in [2.75, 3.05) is 0 Å². The van der Waals surface area contributed by atoms with Gasteiger partial charge < -0.3 is 5.73 Å². The molecular formula is C11H13N2+. The van der Waals surface area contributed by atoms with Gasteiger partial charge in [0.05, 0.1) is 6.07 Å². The average molecular weight is 173 g/mol. The number of nitriles is 1. The van der Waals surface area contributed by atoms with E-state index < -0.39 is 0 Å². The number of nitrogens with zero attached hydrogens (tertiary/aromatic N) is 1. The molecule has 0 unspecified atom stereocenters. The van der Waals surface area contributed by atoms with Gasteiger partial charge in [-0.3, -0.25) is 0 Å². The third kappa shape index (κ3) is 2.17. The van der Waals surface area contributed by atoms with E-state index in [0.29, 0.717) is 0 Å². The first kappa shape index (κ1) is 9.50. The molecular weight excluding hydrogens is 160 g/mol. The minimum Gasteiger partial charge on any atom is -0.325 e. The van der Waals surface area contributed by atoms with E-state index in [0.717, 1.165) is 22.4 Å². The summed E-state index contributed by atoms with van der Waals surface area (Å²) >= 11 is 0. The van der Waals surface area contributed by atoms with Crippen LogP contribution in [0.2, 0.25) is 0 Å². The smallest absolute Gasteiger partial charge is 0.133 e. The first-order valence-corrected chi connectivity index (χ1v) is 4.14. The van der Waals surface area contributed by atoms with Crippen LogP contribution in [-0.4, -0.2) is 0 Å². The van der Waals surface area contributed by atoms with Crippen molar-refractivity contribution in [1.29, 1.82) is 5.26 Å². The summed E-state index contributed by atoms with van der Waals surface area (Å²) in [5.41, 5.74) is 8.42. The van der Waals surface area contributed by atoms with Crippen LogP contribution >= 0.6 is 0 Å². The SMILES string of the molecule is Cc1cc(/C=C/C#N)cc(C)c1[NH3+]. The quantitative estimate of drug-likeness (QED) is 0.646. The molecule has 0 aliphatic rings. The van der Waals surface area contributed by atoms with Gasteiger partial charge in [0.2, 0.25) is 0 Å². The van der Waals surface area contributed by atoms with Crippen molar-refractivity contribution in [1.82, 2.24) is 0 Å². The molecule has 0 saturated heterocycles. The second-order valence-electron chi connectivity index (χ2n) is 3.10. The lowest BCUT2D eigenvalue weighted by Crippen LogP contribution is -2.42. The van der Waals surface area contributed by atoms with Crippen LogP contribution in [0.5, 0.6) is 0 Å². The van der Waals surface area contributed by atoms with Gasteiger partial charge in [-0.2, -0.15) is 5.26 Å². The number of aryl methyl sites for hydroxylation is 2. The van der Waals surface area contributed by atoms with Gasteiger partial charge in [-0.1, -0.05) is 0 Å². The summed E-state index contributed by atoms with van der Waals surface area (Å²) in [5.74, 6) is 0. The summed E-state index contributed by atoms with van der Waals surface area (Å²) in [4.78, 5) is 0. The largest absolute Gasteiger partial charge is 0.325 e. The molecule has 0 bridgehead atoms. The molecule has 0 saturated carbocycles. The predicted octanol–water partition coefficient (Wildman–Crippen LogP) is 1.71. The van der Waals surface area contributed by atoms with Crippen LogP contribution in [0.4, 0.5) is 5.69 Å². The molecule has 0 aliphatic carbocycles. The molecule has 0 amide bonds. The zero-order chi connectivity index (χ0) is 9.84. The van der Waals surface area contributed by atoms with Gasteiger partial charge in [-0.05, 0) is 37.6 Å². The highest BCUT2D eigenvalue weighted by atomic mass is 14.6. The van der Waals surface area contributed by atoms with Crippen LogP contribution in [0.3, 0.4) is 0 Å². The molecule has 1 rings (SSSR count). The molecule has 1 aromatic carbocycles. The van der Waals surface area contributed by atoms with Crippen LogP contribution in [0.25, 0.3) is 6.08 Å². The molecule has 66 valence electrons. The van der Waals surface area contributed by atoms with Gasteiger partial charge in [0.25, 0.3) is 0 Å². The molecule has 0 spiro atoms. The third-order valence-corrected chi connectivity index (χ3v) is 2.07. The van der Waals surface area contributed by atoms with Crippen molar-refractivity contribution in [2.24, 2.45) is 0 Å². The van der Waals surface area contributed by atoms with Gasteiger partial charge in [0.15, 0.2) is 0 Å². The Bertz CT molecular complexity index is 361. The van der Waals surface area contributed by atoms with Crippen molar-refractivity contribution in [3.63, 3.8) is 0 Å². The summed E-state index contributed by atoms with van der Waals surface area (Å²) < 4.78 is 0. The van der Waals surface area contributed by atoms with E-state index in [1.807, 2.05) is 32.0 Å². The normalized spacial score (nSPS) is 10.3. The fourth-order valence-corrected chi connectivity index (χ4v) is 1.26. The molecule has 0 aromatic heterocycles. The Balaban J connectivity index is 3.15. The fourth-order valence-electron chi connectivity index (χ4n) is 1.26. The van der Waals surface area contributed by atoms with Crippen LogP contribution in [0.15, 0.2) is 18.2 Å². The highest BCUT2D eigenvalue weighted by Crippen LogP contribution is 2.17. The van der Waals surface area contributed by atoms with E-state index in [4.69, 9.17) is 5.26 Å². The second kappa shape index (κ2) is 3.88. The van der Waals surface area contributed by atoms with E-state index in [2.05, 4.69) is 5.73 Å². The zero-order valence-electron chi connectivity index (χ0n) is 7.96. The van der Waals surface area contributed by atoms with Crippen molar-refractivity contribution in [2.45, 2.75) is 13.8 Å². The number of benzene rings is 1. The highest BCUT2D eigenvalue weighted by molar-refractivity contribution is 5.59. The molecule has 0 atom stereocenters. The lowest BCUT2D eigenvalue weighted by atomic mass is 10.0. The Hall–Kier alpha value is -1.59. The second-order valence-corrected chi connectivity index (χ2v) is 3.10. The molecule has 0 heterocycles. The monoisotopic (exact) mass is 173 g/mol. The molecule has 1 aromatic rings.